The van der Waals surface area contributed by atoms with E-state index >= 15 is 0 Å². The predicted molar refractivity (Wildman–Crippen MR) is 77.1 cm³/mol. The second-order valence-corrected chi connectivity index (χ2v) is 6.06. The van der Waals surface area contributed by atoms with E-state index in [0.29, 0.717) is 18.7 Å². The predicted octanol–water partition coefficient (Wildman–Crippen LogP) is -0.879. The fourth-order valence-corrected chi connectivity index (χ4v) is 3.22. The average molecular weight is 311 g/mol. The van der Waals surface area contributed by atoms with E-state index in [2.05, 4.69) is 0 Å². The van der Waals surface area contributed by atoms with Gasteiger partial charge in [-0.3, -0.25) is 29.0 Å². The highest BCUT2D eigenvalue weighted by molar-refractivity contribution is 8.00. The van der Waals surface area contributed by atoms with Crippen LogP contribution in [0.15, 0.2) is 12.2 Å². The Morgan fingerprint density at radius 2 is 1.71 bits per heavy atom. The van der Waals surface area contributed by atoms with Crippen LogP contribution in [0.25, 0.3) is 0 Å². The lowest BCUT2D eigenvalue weighted by atomic mass is 10.3. The molecule has 114 valence electrons. The van der Waals surface area contributed by atoms with Crippen molar-refractivity contribution in [3.63, 3.8) is 0 Å². The maximum atomic E-state index is 12.1. The molecule has 1 saturated heterocycles. The Kier molecular flexibility index (Phi) is 5.13. The summed E-state index contributed by atoms with van der Waals surface area (Å²) in [5.41, 5.74) is 5.39. The van der Waals surface area contributed by atoms with Crippen molar-refractivity contribution in [2.45, 2.75) is 18.1 Å². The fourth-order valence-electron chi connectivity index (χ4n) is 2.27. The van der Waals surface area contributed by atoms with E-state index in [9.17, 15) is 19.2 Å². The second-order valence-electron chi connectivity index (χ2n) is 4.75. The minimum absolute atomic E-state index is 0.198. The van der Waals surface area contributed by atoms with Gasteiger partial charge in [0.25, 0.3) is 11.8 Å². The van der Waals surface area contributed by atoms with Crippen LogP contribution in [0.4, 0.5) is 0 Å². The number of carbonyl (C=O) groups is 4. The molecule has 0 aliphatic carbocycles. The van der Waals surface area contributed by atoms with Gasteiger partial charge in [0.05, 0.1) is 5.25 Å². The molecular formula is C13H17N3O4S. The summed E-state index contributed by atoms with van der Waals surface area (Å²) in [5.74, 6) is -0.465. The van der Waals surface area contributed by atoms with E-state index < -0.39 is 0 Å². The highest BCUT2D eigenvalue weighted by Gasteiger charge is 2.38. The van der Waals surface area contributed by atoms with Gasteiger partial charge in [-0.1, -0.05) is 0 Å². The number of hydrogen-bond acceptors (Lipinski definition) is 6. The number of carbonyl (C=O) groups excluding carboxylic acids is 4. The number of thioether (sulfide) groups is 1. The first-order valence-corrected chi connectivity index (χ1v) is 7.79. The highest BCUT2D eigenvalue weighted by atomic mass is 32.2. The van der Waals surface area contributed by atoms with Gasteiger partial charge in [-0.05, 0) is 6.42 Å². The third-order valence-corrected chi connectivity index (χ3v) is 4.55. The van der Waals surface area contributed by atoms with Crippen molar-refractivity contribution in [3.8, 4) is 0 Å². The molecule has 0 aromatic rings. The largest absolute Gasteiger partial charge is 0.330 e. The Bertz CT molecular complexity index is 488. The maximum Gasteiger partial charge on any atom is 0.253 e. The summed E-state index contributed by atoms with van der Waals surface area (Å²) < 4.78 is 0. The molecule has 0 spiro atoms. The van der Waals surface area contributed by atoms with E-state index in [1.54, 1.807) is 0 Å². The molecule has 0 radical (unpaired) electrons. The molecule has 2 aliphatic rings. The van der Waals surface area contributed by atoms with Crippen molar-refractivity contribution in [3.05, 3.63) is 12.2 Å². The van der Waals surface area contributed by atoms with Gasteiger partial charge in [-0.25, -0.2) is 0 Å². The topological polar surface area (TPSA) is 101 Å². The number of nitrogens with two attached hydrogens (primary N) is 1. The van der Waals surface area contributed by atoms with Crippen molar-refractivity contribution in [1.82, 2.24) is 9.80 Å². The summed E-state index contributed by atoms with van der Waals surface area (Å²) in [5, 5.41) is -0.349. The quantitative estimate of drug-likeness (QED) is 0.613. The van der Waals surface area contributed by atoms with E-state index in [4.69, 9.17) is 5.73 Å². The summed E-state index contributed by atoms with van der Waals surface area (Å²) >= 11 is 1.39. The van der Waals surface area contributed by atoms with Crippen molar-refractivity contribution in [1.29, 1.82) is 0 Å². The zero-order valence-electron chi connectivity index (χ0n) is 11.5. The summed E-state index contributed by atoms with van der Waals surface area (Å²) in [6.07, 6.45) is 3.03. The third kappa shape index (κ3) is 3.51. The smallest absolute Gasteiger partial charge is 0.253 e. The average Bonchev–Trinajstić information content (AvgIpc) is 2.91. The van der Waals surface area contributed by atoms with Gasteiger partial charge in [0.2, 0.25) is 11.8 Å². The highest BCUT2D eigenvalue weighted by Crippen LogP contribution is 2.24. The molecule has 2 aliphatic heterocycles. The molecular weight excluding hydrogens is 294 g/mol. The van der Waals surface area contributed by atoms with Crippen LogP contribution in [0, 0.1) is 0 Å². The molecule has 1 fully saturated rings. The van der Waals surface area contributed by atoms with Crippen LogP contribution < -0.4 is 5.73 Å². The normalized spacial score (nSPS) is 22.0. The van der Waals surface area contributed by atoms with Gasteiger partial charge in [-0.2, -0.15) is 0 Å². The van der Waals surface area contributed by atoms with Crippen LogP contribution in [0.5, 0.6) is 0 Å². The Morgan fingerprint density at radius 1 is 1.10 bits per heavy atom. The van der Waals surface area contributed by atoms with Gasteiger partial charge in [0, 0.05) is 44.0 Å². The Balaban J connectivity index is 1.80. The van der Waals surface area contributed by atoms with Gasteiger partial charge < -0.3 is 5.73 Å². The second kappa shape index (κ2) is 6.86. The molecule has 0 bridgehead atoms. The first kappa shape index (κ1) is 15.7. The molecule has 2 heterocycles. The van der Waals surface area contributed by atoms with E-state index in [-0.39, 0.29) is 48.4 Å². The van der Waals surface area contributed by atoms with Crippen molar-refractivity contribution < 1.29 is 19.2 Å². The Labute approximate surface area is 126 Å². The molecule has 8 heteroatoms. The first-order valence-electron chi connectivity index (χ1n) is 6.74. The molecule has 0 aromatic carbocycles. The maximum absolute atomic E-state index is 12.1. The standard InChI is InChI=1S/C13H17N3O4S/c14-4-7-21-9-8-12(19)16(13(9)20)6-1-5-15-10(17)2-3-11(15)18/h2-3,9H,1,4-8,14H2. The number of nitrogens with zero attached hydrogens (tertiary/aromatic N) is 2. The SMILES string of the molecule is NCCSC1CC(=O)N(CCCN2C(=O)C=CC2=O)C1=O. The molecule has 4 amide bonds. The van der Waals surface area contributed by atoms with E-state index in [0.717, 1.165) is 4.90 Å². The minimum Gasteiger partial charge on any atom is -0.330 e. The van der Waals surface area contributed by atoms with Gasteiger partial charge in [0.1, 0.15) is 0 Å². The van der Waals surface area contributed by atoms with E-state index in [1.165, 1.54) is 28.8 Å². The molecule has 0 aromatic heterocycles. The molecule has 1 atom stereocenters. The Hall–Kier alpha value is -1.67. The molecule has 0 saturated carbocycles. The zero-order chi connectivity index (χ0) is 15.4. The zero-order valence-corrected chi connectivity index (χ0v) is 12.3. The molecule has 2 N–H and O–H groups in total. The minimum atomic E-state index is -0.351. The number of hydrogen-bond donors (Lipinski definition) is 1. The monoisotopic (exact) mass is 311 g/mol. The van der Waals surface area contributed by atoms with Crippen LogP contribution in [-0.2, 0) is 19.2 Å². The number of imide groups is 2. The van der Waals surface area contributed by atoms with Crippen LogP contribution in [0.2, 0.25) is 0 Å². The van der Waals surface area contributed by atoms with Crippen molar-refractivity contribution in [2.24, 2.45) is 5.73 Å². The summed E-state index contributed by atoms with van der Waals surface area (Å²) in [6.45, 7) is 0.908. The van der Waals surface area contributed by atoms with E-state index in [1.807, 2.05) is 0 Å². The van der Waals surface area contributed by atoms with Gasteiger partial charge in [0.15, 0.2) is 0 Å². The third-order valence-electron chi connectivity index (χ3n) is 3.30. The number of likely N-dealkylation sites (tertiary alicyclic amines) is 1. The summed E-state index contributed by atoms with van der Waals surface area (Å²) in [6, 6.07) is 0. The fraction of sp³-hybridized carbons (Fsp3) is 0.538. The number of rotatable bonds is 7. The van der Waals surface area contributed by atoms with Crippen LogP contribution in [0.3, 0.4) is 0 Å². The molecule has 21 heavy (non-hydrogen) atoms. The first-order chi connectivity index (χ1) is 10.0. The molecule has 7 nitrogen and oxygen atoms in total. The number of amides is 4. The summed E-state index contributed by atoms with van der Waals surface area (Å²) in [7, 11) is 0. The lowest BCUT2D eigenvalue weighted by molar-refractivity contribution is -0.138. The lowest BCUT2D eigenvalue weighted by Gasteiger charge is -2.17. The van der Waals surface area contributed by atoms with Crippen LogP contribution >= 0.6 is 11.8 Å². The van der Waals surface area contributed by atoms with Crippen LogP contribution in [-0.4, -0.2) is 64.1 Å². The molecule has 2 rings (SSSR count). The Morgan fingerprint density at radius 3 is 2.33 bits per heavy atom. The lowest BCUT2D eigenvalue weighted by Crippen LogP contribution is -2.36. The van der Waals surface area contributed by atoms with Crippen molar-refractivity contribution in [2.75, 3.05) is 25.4 Å². The van der Waals surface area contributed by atoms with Gasteiger partial charge in [-0.15, -0.1) is 11.8 Å². The van der Waals surface area contributed by atoms with Crippen LogP contribution in [0.1, 0.15) is 12.8 Å². The molecule has 1 unspecified atom stereocenters. The summed E-state index contributed by atoms with van der Waals surface area (Å²) in [4.78, 5) is 48.9. The van der Waals surface area contributed by atoms with Crippen molar-refractivity contribution >= 4 is 35.4 Å². The van der Waals surface area contributed by atoms with Gasteiger partial charge >= 0.3 is 0 Å².